The molecule has 0 bridgehead atoms. The molecular weight excluding hydrogens is 466 g/mol. The van der Waals surface area contributed by atoms with Crippen LogP contribution < -0.4 is 10.9 Å². The van der Waals surface area contributed by atoms with Gasteiger partial charge in [-0.05, 0) is 48.2 Å². The maximum absolute atomic E-state index is 14.0. The summed E-state index contributed by atoms with van der Waals surface area (Å²) in [4.78, 5) is 29.4. The van der Waals surface area contributed by atoms with Crippen molar-refractivity contribution >= 4 is 51.0 Å². The summed E-state index contributed by atoms with van der Waals surface area (Å²) < 4.78 is 15.5. The third kappa shape index (κ3) is 3.92. The standard InChI is InChI=1S/C23H17Cl2FN6O/c1-2-18(31-22-20-21(28-10-27-20)29-11-30-22)19-5-12-3-4-15(26)9-17(12)23(33)32(19)16-7-13(24)6-14(25)8-16/h3-11,18H,2H2,1H3,(H2,27,28,29,30,31)/t18-/m1/s1. The zero-order chi connectivity index (χ0) is 23.1. The Balaban J connectivity index is 1.75. The number of benzene rings is 2. The second kappa shape index (κ2) is 8.46. The molecule has 0 aliphatic carbocycles. The Bertz CT molecular complexity index is 1540. The fraction of sp³-hybridized carbons (Fsp3) is 0.130. The Morgan fingerprint density at radius 3 is 2.64 bits per heavy atom. The van der Waals surface area contributed by atoms with Crippen molar-refractivity contribution < 1.29 is 4.39 Å². The van der Waals surface area contributed by atoms with Crippen LogP contribution in [-0.2, 0) is 0 Å². The van der Waals surface area contributed by atoms with Gasteiger partial charge in [0.05, 0.1) is 23.4 Å². The lowest BCUT2D eigenvalue weighted by atomic mass is 10.0. The molecule has 0 saturated carbocycles. The zero-order valence-electron chi connectivity index (χ0n) is 17.3. The average Bonchev–Trinajstić information content (AvgIpc) is 3.27. The Hall–Kier alpha value is -3.49. The predicted molar refractivity (Wildman–Crippen MR) is 128 cm³/mol. The molecule has 10 heteroatoms. The number of halogens is 3. The third-order valence-corrected chi connectivity index (χ3v) is 5.85. The van der Waals surface area contributed by atoms with E-state index in [1.807, 2.05) is 13.0 Å². The summed E-state index contributed by atoms with van der Waals surface area (Å²) >= 11 is 12.5. The van der Waals surface area contributed by atoms with E-state index in [4.69, 9.17) is 23.2 Å². The molecule has 0 aliphatic rings. The molecule has 0 unspecified atom stereocenters. The number of fused-ring (bicyclic) bond motifs is 2. The maximum atomic E-state index is 14.0. The molecule has 3 aromatic heterocycles. The summed E-state index contributed by atoms with van der Waals surface area (Å²) in [7, 11) is 0. The number of aromatic nitrogens is 5. The Morgan fingerprint density at radius 1 is 1.09 bits per heavy atom. The number of imidazole rings is 1. The first-order valence-corrected chi connectivity index (χ1v) is 10.9. The van der Waals surface area contributed by atoms with E-state index in [2.05, 4.69) is 25.3 Å². The van der Waals surface area contributed by atoms with Crippen LogP contribution >= 0.6 is 23.2 Å². The highest BCUT2D eigenvalue weighted by molar-refractivity contribution is 6.34. The minimum atomic E-state index is -0.491. The van der Waals surface area contributed by atoms with Crippen LogP contribution in [0.4, 0.5) is 10.2 Å². The molecule has 0 amide bonds. The fourth-order valence-electron chi connectivity index (χ4n) is 3.91. The summed E-state index contributed by atoms with van der Waals surface area (Å²) in [5, 5.41) is 5.01. The van der Waals surface area contributed by atoms with Crippen LogP contribution in [0.5, 0.6) is 0 Å². The second-order valence-electron chi connectivity index (χ2n) is 7.50. The van der Waals surface area contributed by atoms with E-state index in [9.17, 15) is 9.18 Å². The quantitative estimate of drug-likeness (QED) is 0.337. The van der Waals surface area contributed by atoms with Gasteiger partial charge in [0.1, 0.15) is 17.7 Å². The SMILES string of the molecule is CC[C@@H](Nc1ncnc2[nH]cnc12)c1cc2ccc(F)cc2c(=O)n1-c1cc(Cl)cc(Cl)c1. The van der Waals surface area contributed by atoms with E-state index in [-0.39, 0.29) is 17.0 Å². The van der Waals surface area contributed by atoms with Gasteiger partial charge >= 0.3 is 0 Å². The van der Waals surface area contributed by atoms with Crippen molar-refractivity contribution in [3.63, 3.8) is 0 Å². The van der Waals surface area contributed by atoms with Crippen molar-refractivity contribution in [1.29, 1.82) is 0 Å². The Kier molecular flexibility index (Phi) is 5.47. The fourth-order valence-corrected chi connectivity index (χ4v) is 4.43. The van der Waals surface area contributed by atoms with Gasteiger partial charge in [-0.15, -0.1) is 0 Å². The van der Waals surface area contributed by atoms with Crippen LogP contribution in [0.1, 0.15) is 25.1 Å². The molecule has 5 rings (SSSR count). The second-order valence-corrected chi connectivity index (χ2v) is 8.37. The van der Waals surface area contributed by atoms with Gasteiger partial charge in [-0.25, -0.2) is 19.3 Å². The first kappa shape index (κ1) is 21.4. The molecule has 0 radical (unpaired) electrons. The zero-order valence-corrected chi connectivity index (χ0v) is 18.8. The molecular formula is C23H17Cl2FN6O. The molecule has 2 aromatic carbocycles. The van der Waals surface area contributed by atoms with Crippen LogP contribution in [0.2, 0.25) is 10.0 Å². The molecule has 5 aromatic rings. The summed E-state index contributed by atoms with van der Waals surface area (Å²) in [6.45, 7) is 1.98. The number of aromatic amines is 1. The van der Waals surface area contributed by atoms with Crippen LogP contribution in [0.15, 0.2) is 59.9 Å². The molecule has 2 N–H and O–H groups in total. The minimum Gasteiger partial charge on any atom is -0.360 e. The summed E-state index contributed by atoms with van der Waals surface area (Å²) in [6, 6.07) is 10.5. The van der Waals surface area contributed by atoms with E-state index in [0.29, 0.717) is 50.2 Å². The molecule has 0 fully saturated rings. The Morgan fingerprint density at radius 2 is 1.88 bits per heavy atom. The first-order valence-electron chi connectivity index (χ1n) is 10.2. The topological polar surface area (TPSA) is 88.5 Å². The van der Waals surface area contributed by atoms with Gasteiger partial charge in [-0.3, -0.25) is 9.36 Å². The lowest BCUT2D eigenvalue weighted by molar-refractivity contribution is 0.629. The van der Waals surface area contributed by atoms with Crippen molar-refractivity contribution in [3.05, 3.63) is 87.0 Å². The van der Waals surface area contributed by atoms with Crippen LogP contribution in [-0.4, -0.2) is 24.5 Å². The van der Waals surface area contributed by atoms with Gasteiger partial charge in [-0.1, -0.05) is 36.2 Å². The molecule has 0 aliphatic heterocycles. The van der Waals surface area contributed by atoms with Gasteiger partial charge in [0.25, 0.3) is 5.56 Å². The number of nitrogens with one attached hydrogen (secondary N) is 2. The normalized spacial score (nSPS) is 12.4. The van der Waals surface area contributed by atoms with Crippen molar-refractivity contribution in [1.82, 2.24) is 24.5 Å². The highest BCUT2D eigenvalue weighted by Crippen LogP contribution is 2.30. The molecule has 33 heavy (non-hydrogen) atoms. The molecule has 3 heterocycles. The minimum absolute atomic E-state index is 0.251. The number of anilines is 1. The van der Waals surface area contributed by atoms with Crippen LogP contribution in [0.3, 0.4) is 0 Å². The smallest absolute Gasteiger partial charge is 0.263 e. The van der Waals surface area contributed by atoms with Crippen molar-refractivity contribution in [2.45, 2.75) is 19.4 Å². The molecule has 1 atom stereocenters. The molecule has 166 valence electrons. The molecule has 0 saturated heterocycles. The number of rotatable bonds is 5. The van der Waals surface area contributed by atoms with E-state index >= 15 is 0 Å². The van der Waals surface area contributed by atoms with Crippen LogP contribution in [0.25, 0.3) is 27.6 Å². The van der Waals surface area contributed by atoms with Crippen LogP contribution in [0, 0.1) is 5.82 Å². The monoisotopic (exact) mass is 482 g/mol. The van der Waals surface area contributed by atoms with Gasteiger partial charge in [0.2, 0.25) is 0 Å². The van der Waals surface area contributed by atoms with E-state index in [0.717, 1.165) is 0 Å². The van der Waals surface area contributed by atoms with Gasteiger partial charge in [0, 0.05) is 15.7 Å². The lowest BCUT2D eigenvalue weighted by Gasteiger charge is -2.23. The average molecular weight is 483 g/mol. The highest BCUT2D eigenvalue weighted by atomic mass is 35.5. The molecule has 7 nitrogen and oxygen atoms in total. The molecule has 0 spiro atoms. The number of pyridine rings is 1. The maximum Gasteiger partial charge on any atom is 0.263 e. The highest BCUT2D eigenvalue weighted by Gasteiger charge is 2.21. The number of nitrogens with zero attached hydrogens (tertiary/aromatic N) is 4. The number of hydrogen-bond donors (Lipinski definition) is 2. The van der Waals surface area contributed by atoms with Crippen molar-refractivity contribution in [3.8, 4) is 5.69 Å². The largest absolute Gasteiger partial charge is 0.360 e. The lowest BCUT2D eigenvalue weighted by Crippen LogP contribution is -2.26. The summed E-state index contributed by atoms with van der Waals surface area (Å²) in [6.07, 6.45) is 3.58. The number of H-pyrrole nitrogens is 1. The third-order valence-electron chi connectivity index (χ3n) is 5.41. The van der Waals surface area contributed by atoms with Crippen molar-refractivity contribution in [2.24, 2.45) is 0 Å². The number of hydrogen-bond acceptors (Lipinski definition) is 5. The van der Waals surface area contributed by atoms with E-state index < -0.39 is 5.82 Å². The first-order chi connectivity index (χ1) is 15.9. The van der Waals surface area contributed by atoms with E-state index in [1.165, 1.54) is 23.0 Å². The Labute approximate surface area is 197 Å². The van der Waals surface area contributed by atoms with Gasteiger partial charge in [0.15, 0.2) is 11.5 Å². The van der Waals surface area contributed by atoms with Crippen molar-refractivity contribution in [2.75, 3.05) is 5.32 Å². The van der Waals surface area contributed by atoms with E-state index in [1.54, 1.807) is 30.6 Å². The predicted octanol–water partition coefficient (Wildman–Crippen LogP) is 5.67. The summed E-state index contributed by atoms with van der Waals surface area (Å²) in [5.74, 6) is 0.0329. The van der Waals surface area contributed by atoms with Gasteiger partial charge < -0.3 is 10.3 Å². The summed E-state index contributed by atoms with van der Waals surface area (Å²) in [5.41, 5.74) is 1.91. The van der Waals surface area contributed by atoms with Gasteiger partial charge in [-0.2, -0.15) is 0 Å².